The van der Waals surface area contributed by atoms with Crippen LogP contribution in [-0.4, -0.2) is 10.4 Å². The summed E-state index contributed by atoms with van der Waals surface area (Å²) in [4.78, 5) is 5.07. The second-order valence-electron chi connectivity index (χ2n) is 15.2. The van der Waals surface area contributed by atoms with Gasteiger partial charge in [-0.3, -0.25) is 0 Å². The highest BCUT2D eigenvalue weighted by Crippen LogP contribution is 2.44. The van der Waals surface area contributed by atoms with Gasteiger partial charge in [-0.25, -0.2) is 0 Å². The van der Waals surface area contributed by atoms with E-state index in [9.17, 15) is 0 Å². The van der Waals surface area contributed by atoms with Crippen LogP contribution in [0.3, 0.4) is 0 Å². The number of nitrogens with zero attached hydrogens (tertiary/aromatic N) is 2. The molecule has 0 radical (unpaired) electrons. The number of aliphatic imine (C=N–C) groups is 1. The third kappa shape index (κ3) is 4.76. The van der Waals surface area contributed by atoms with Crippen LogP contribution in [0.5, 0.6) is 0 Å². The molecule has 0 bridgehead atoms. The van der Waals surface area contributed by atoms with Crippen LogP contribution in [0.2, 0.25) is 0 Å². The third-order valence-corrected chi connectivity index (χ3v) is 14.2. The molecule has 272 valence electrons. The normalized spacial score (nSPS) is 14.3. The Kier molecular flexibility index (Phi) is 6.79. The van der Waals surface area contributed by atoms with Crippen LogP contribution in [-0.2, 0) is 0 Å². The molecule has 0 aliphatic carbocycles. The van der Waals surface area contributed by atoms with E-state index in [2.05, 4.69) is 174 Å². The minimum Gasteiger partial charge on any atom is -0.438 e. The van der Waals surface area contributed by atoms with Crippen LogP contribution < -0.4 is 5.32 Å². The highest BCUT2D eigenvalue weighted by atomic mass is 32.1. The second kappa shape index (κ2) is 12.3. The number of thiophene rings is 2. The molecular formula is C52H31N3OS2. The maximum atomic E-state index is 6.35. The molecule has 0 fully saturated rings. The van der Waals surface area contributed by atoms with Crippen molar-refractivity contribution in [3.63, 3.8) is 0 Å². The Bertz CT molecular complexity index is 3620. The first-order chi connectivity index (χ1) is 28.7. The highest BCUT2D eigenvalue weighted by Gasteiger charge is 2.30. The van der Waals surface area contributed by atoms with E-state index >= 15 is 0 Å². The van der Waals surface area contributed by atoms with E-state index in [0.29, 0.717) is 5.88 Å². The molecule has 0 saturated carbocycles. The van der Waals surface area contributed by atoms with Crippen molar-refractivity contribution < 1.29 is 4.42 Å². The van der Waals surface area contributed by atoms with Crippen LogP contribution in [0, 0.1) is 0 Å². The van der Waals surface area contributed by atoms with Gasteiger partial charge in [0.25, 0.3) is 0 Å². The molecule has 0 amide bonds. The maximum absolute atomic E-state index is 6.35. The molecule has 12 aromatic rings. The van der Waals surface area contributed by atoms with Gasteiger partial charge in [0.15, 0.2) is 0 Å². The first-order valence-electron chi connectivity index (χ1n) is 19.6. The predicted octanol–water partition coefficient (Wildman–Crippen LogP) is 14.7. The molecule has 1 atom stereocenters. The molecule has 1 unspecified atom stereocenters. The summed E-state index contributed by atoms with van der Waals surface area (Å²) in [6, 6.07) is 63.7. The van der Waals surface area contributed by atoms with Crippen molar-refractivity contribution in [1.82, 2.24) is 9.88 Å². The van der Waals surface area contributed by atoms with Crippen LogP contribution >= 0.6 is 22.7 Å². The van der Waals surface area contributed by atoms with E-state index in [4.69, 9.17) is 9.41 Å². The minimum absolute atomic E-state index is 0.0755. The lowest BCUT2D eigenvalue weighted by molar-refractivity contribution is 0.604. The Morgan fingerprint density at radius 1 is 0.466 bits per heavy atom. The van der Waals surface area contributed by atoms with Gasteiger partial charge in [0.05, 0.1) is 22.6 Å². The highest BCUT2D eigenvalue weighted by molar-refractivity contribution is 7.26. The molecule has 58 heavy (non-hydrogen) atoms. The molecule has 0 saturated heterocycles. The monoisotopic (exact) mass is 777 g/mol. The second-order valence-corrected chi connectivity index (χ2v) is 17.3. The van der Waals surface area contributed by atoms with E-state index in [1.54, 1.807) is 0 Å². The van der Waals surface area contributed by atoms with Crippen molar-refractivity contribution in [3.05, 3.63) is 193 Å². The van der Waals surface area contributed by atoms with E-state index in [1.165, 1.54) is 84.5 Å². The Balaban J connectivity index is 0.870. The third-order valence-electron chi connectivity index (χ3n) is 11.9. The summed E-state index contributed by atoms with van der Waals surface area (Å²) >= 11 is 3.70. The summed E-state index contributed by atoms with van der Waals surface area (Å²) in [5.41, 5.74) is 10.3. The first kappa shape index (κ1) is 32.1. The molecule has 4 nitrogen and oxygen atoms in total. The quantitative estimate of drug-likeness (QED) is 0.193. The standard InChI is InChI=1S/C52H31N3OS2/c1-2-10-30(11-3-1)50-49-39-14-6-9-17-44(39)56-52(49)54-51(53-50)33-19-23-37-40-26-31(20-24-45(40)57-48(37)28-33)32-18-22-38-41-29-34(21-25-46(41)58-47(38)27-32)55-42-15-7-4-12-35(42)36-13-5-8-16-43(36)55/h1-29,50H,(H,53,54). The average Bonchev–Trinajstić information content (AvgIpc) is 4.04. The number of hydrogen-bond acceptors (Lipinski definition) is 5. The molecule has 1 aliphatic rings. The van der Waals surface area contributed by atoms with Crippen molar-refractivity contribution in [1.29, 1.82) is 0 Å². The first-order valence-corrected chi connectivity index (χ1v) is 21.2. The fourth-order valence-electron chi connectivity index (χ4n) is 9.19. The fraction of sp³-hybridized carbons (Fsp3) is 0.0192. The van der Waals surface area contributed by atoms with Crippen molar-refractivity contribution in [2.24, 2.45) is 4.99 Å². The Morgan fingerprint density at radius 2 is 1.05 bits per heavy atom. The molecule has 1 aliphatic heterocycles. The lowest BCUT2D eigenvalue weighted by Gasteiger charge is -2.25. The lowest BCUT2D eigenvalue weighted by atomic mass is 9.95. The number of nitrogens with one attached hydrogen (secondary N) is 1. The number of hydrogen-bond donors (Lipinski definition) is 1. The molecule has 5 heterocycles. The van der Waals surface area contributed by atoms with E-state index in [-0.39, 0.29) is 6.04 Å². The van der Waals surface area contributed by atoms with Gasteiger partial charge >= 0.3 is 0 Å². The Morgan fingerprint density at radius 3 is 1.81 bits per heavy atom. The summed E-state index contributed by atoms with van der Waals surface area (Å²) in [5.74, 6) is 1.49. The van der Waals surface area contributed by atoms with Gasteiger partial charge in [-0.2, -0.15) is 4.99 Å². The Hall–Kier alpha value is -6.99. The van der Waals surface area contributed by atoms with Crippen molar-refractivity contribution in [2.45, 2.75) is 6.04 Å². The molecule has 1 N–H and O–H groups in total. The maximum Gasteiger partial charge on any atom is 0.227 e. The van der Waals surface area contributed by atoms with Gasteiger partial charge < -0.3 is 14.3 Å². The zero-order valence-corrected chi connectivity index (χ0v) is 32.6. The summed E-state index contributed by atoms with van der Waals surface area (Å²) < 4.78 is 13.9. The Labute approximate surface area is 340 Å². The largest absolute Gasteiger partial charge is 0.438 e. The van der Waals surface area contributed by atoms with Gasteiger partial charge in [-0.15, -0.1) is 22.7 Å². The van der Waals surface area contributed by atoms with E-state index in [0.717, 1.165) is 27.9 Å². The molecule has 13 rings (SSSR count). The van der Waals surface area contributed by atoms with Crippen LogP contribution in [0.15, 0.2) is 185 Å². The van der Waals surface area contributed by atoms with Crippen LogP contribution in [0.1, 0.15) is 22.7 Å². The number of fused-ring (bicyclic) bond motifs is 12. The van der Waals surface area contributed by atoms with Gasteiger partial charge in [-0.1, -0.05) is 115 Å². The SMILES string of the molecule is c1ccc(C2NC(c3ccc4c(c3)sc3ccc(-c5ccc6c(c5)sc5ccc(-n7c8ccccc8c8ccccc87)cc56)cc34)=Nc3oc4ccccc4c32)cc1. The van der Waals surface area contributed by atoms with Crippen LogP contribution in [0.4, 0.5) is 5.88 Å². The average molecular weight is 778 g/mol. The molecule has 6 heteroatoms. The number of benzene rings is 8. The predicted molar refractivity (Wildman–Crippen MR) is 246 cm³/mol. The number of furan rings is 1. The van der Waals surface area contributed by atoms with Gasteiger partial charge in [-0.05, 0) is 77.4 Å². The summed E-state index contributed by atoms with van der Waals surface area (Å²) in [6.07, 6.45) is 0. The zero-order chi connectivity index (χ0) is 37.9. The summed E-state index contributed by atoms with van der Waals surface area (Å²) in [5, 5.41) is 12.6. The van der Waals surface area contributed by atoms with Gasteiger partial charge in [0, 0.05) is 67.8 Å². The number of amidine groups is 1. The zero-order valence-electron chi connectivity index (χ0n) is 30.9. The van der Waals surface area contributed by atoms with Gasteiger partial charge in [0.1, 0.15) is 11.4 Å². The molecule has 8 aromatic carbocycles. The number of para-hydroxylation sites is 3. The summed E-state index contributed by atoms with van der Waals surface area (Å²) in [6.45, 7) is 0. The van der Waals surface area contributed by atoms with Crippen molar-refractivity contribution in [2.75, 3.05) is 0 Å². The number of rotatable bonds is 4. The topological polar surface area (TPSA) is 42.5 Å². The lowest BCUT2D eigenvalue weighted by Crippen LogP contribution is -2.32. The molecular weight excluding hydrogens is 747 g/mol. The van der Waals surface area contributed by atoms with E-state index < -0.39 is 0 Å². The van der Waals surface area contributed by atoms with Crippen molar-refractivity contribution >= 4 is 108 Å². The summed E-state index contributed by atoms with van der Waals surface area (Å²) in [7, 11) is 0. The molecule has 4 aromatic heterocycles. The number of aromatic nitrogens is 1. The fourth-order valence-corrected chi connectivity index (χ4v) is 11.4. The smallest absolute Gasteiger partial charge is 0.227 e. The van der Waals surface area contributed by atoms with Crippen LogP contribution in [0.25, 0.3) is 89.9 Å². The van der Waals surface area contributed by atoms with Gasteiger partial charge in [0.2, 0.25) is 5.88 Å². The molecule has 0 spiro atoms. The minimum atomic E-state index is -0.0755. The van der Waals surface area contributed by atoms with E-state index in [1.807, 2.05) is 34.8 Å². The van der Waals surface area contributed by atoms with Crippen molar-refractivity contribution in [3.8, 4) is 16.8 Å².